The highest BCUT2D eigenvalue weighted by Gasteiger charge is 2.30. The first-order valence-corrected chi connectivity index (χ1v) is 9.29. The van der Waals surface area contributed by atoms with Gasteiger partial charge in [-0.1, -0.05) is 25.5 Å². The molecule has 0 radical (unpaired) electrons. The van der Waals surface area contributed by atoms with Crippen LogP contribution in [0.1, 0.15) is 55.5 Å². The Bertz CT molecular complexity index is 797. The van der Waals surface area contributed by atoms with E-state index < -0.39 is 11.7 Å². The van der Waals surface area contributed by atoms with Crippen molar-refractivity contribution in [3.8, 4) is 0 Å². The average molecular weight is 396 g/mol. The summed E-state index contributed by atoms with van der Waals surface area (Å²) in [5, 5.41) is 14.5. The number of halogens is 3. The zero-order valence-corrected chi connectivity index (χ0v) is 16.6. The second-order valence-corrected chi connectivity index (χ2v) is 6.66. The normalized spacial score (nSPS) is 13.5. The first-order chi connectivity index (χ1) is 13.2. The smallest absolute Gasteiger partial charge is 0.356 e. The number of unbranched alkanes of at least 4 members (excludes halogenated alkanes) is 1. The third-order valence-corrected chi connectivity index (χ3v) is 4.45. The minimum Gasteiger partial charge on any atom is -0.356 e. The molecule has 1 aromatic carbocycles. The van der Waals surface area contributed by atoms with E-state index in [4.69, 9.17) is 0 Å². The summed E-state index contributed by atoms with van der Waals surface area (Å²) in [4.78, 5) is 4.53. The van der Waals surface area contributed by atoms with Crippen LogP contribution in [0.4, 0.5) is 13.2 Å². The second-order valence-electron chi connectivity index (χ2n) is 6.66. The predicted molar refractivity (Wildman–Crippen MR) is 103 cm³/mol. The zero-order valence-electron chi connectivity index (χ0n) is 16.6. The average Bonchev–Trinajstić information content (AvgIpc) is 2.97. The Kier molecular flexibility index (Phi) is 7.42. The van der Waals surface area contributed by atoms with E-state index >= 15 is 0 Å². The van der Waals surface area contributed by atoms with Crippen molar-refractivity contribution in [3.63, 3.8) is 0 Å². The summed E-state index contributed by atoms with van der Waals surface area (Å²) in [7, 11) is 1.86. The lowest BCUT2D eigenvalue weighted by Crippen LogP contribution is -2.39. The van der Waals surface area contributed by atoms with Crippen molar-refractivity contribution in [3.05, 3.63) is 47.0 Å². The molecule has 0 saturated heterocycles. The van der Waals surface area contributed by atoms with Gasteiger partial charge in [0.2, 0.25) is 0 Å². The molecule has 1 aromatic heterocycles. The molecule has 0 amide bonds. The monoisotopic (exact) mass is 396 g/mol. The number of nitrogens with one attached hydrogen (secondary N) is 2. The number of hydrogen-bond donors (Lipinski definition) is 2. The molecule has 0 aliphatic rings. The van der Waals surface area contributed by atoms with Crippen LogP contribution in [0.5, 0.6) is 0 Å². The Morgan fingerprint density at radius 1 is 1.29 bits per heavy atom. The summed E-state index contributed by atoms with van der Waals surface area (Å²) < 4.78 is 40.8. The molecule has 1 unspecified atom stereocenters. The Morgan fingerprint density at radius 2 is 2.04 bits per heavy atom. The predicted octanol–water partition coefficient (Wildman–Crippen LogP) is 3.74. The lowest BCUT2D eigenvalue weighted by molar-refractivity contribution is -0.137. The van der Waals surface area contributed by atoms with Crippen LogP contribution >= 0.6 is 0 Å². The fraction of sp³-hybridized carbons (Fsp3) is 0.526. The first kappa shape index (κ1) is 21.7. The summed E-state index contributed by atoms with van der Waals surface area (Å²) in [6, 6.07) is 4.97. The summed E-state index contributed by atoms with van der Waals surface area (Å²) >= 11 is 0. The number of rotatable bonds is 7. The number of alkyl halides is 3. The topological polar surface area (TPSA) is 67.1 Å². The van der Waals surface area contributed by atoms with E-state index in [2.05, 4.69) is 32.7 Å². The molecule has 0 spiro atoms. The molecule has 2 aromatic rings. The number of guanidine groups is 1. The van der Waals surface area contributed by atoms with Crippen LogP contribution in [0.25, 0.3) is 0 Å². The standard InChI is InChI=1S/C19H27F3N6/c1-5-6-10-23-18(24-12-17-27-26-14(3)28(17)4)25-13(2)15-8-7-9-16(11-15)19(20,21)22/h7-9,11,13H,5-6,10,12H2,1-4H3,(H2,23,24,25). The number of aromatic nitrogens is 3. The van der Waals surface area contributed by atoms with Crippen LogP contribution < -0.4 is 10.6 Å². The second kappa shape index (κ2) is 9.57. The number of hydrogen-bond acceptors (Lipinski definition) is 3. The van der Waals surface area contributed by atoms with Crippen LogP contribution in [0.2, 0.25) is 0 Å². The lowest BCUT2D eigenvalue weighted by Gasteiger charge is -2.19. The van der Waals surface area contributed by atoms with E-state index in [1.807, 2.05) is 18.5 Å². The van der Waals surface area contributed by atoms with Crippen LogP contribution in [-0.4, -0.2) is 27.3 Å². The summed E-state index contributed by atoms with van der Waals surface area (Å²) in [5.41, 5.74) is -0.125. The van der Waals surface area contributed by atoms with Crippen molar-refractivity contribution >= 4 is 5.96 Å². The molecule has 0 fully saturated rings. The molecule has 154 valence electrons. The van der Waals surface area contributed by atoms with Gasteiger partial charge in [0.05, 0.1) is 11.6 Å². The summed E-state index contributed by atoms with van der Waals surface area (Å²) in [5.74, 6) is 2.02. The molecule has 2 N–H and O–H groups in total. The maximum Gasteiger partial charge on any atom is 0.416 e. The summed E-state index contributed by atoms with van der Waals surface area (Å²) in [6.45, 7) is 6.77. The molecular formula is C19H27F3N6. The minimum absolute atomic E-state index is 0.314. The molecule has 0 aliphatic heterocycles. The van der Waals surface area contributed by atoms with Crippen molar-refractivity contribution < 1.29 is 13.2 Å². The third kappa shape index (κ3) is 5.97. The maximum absolute atomic E-state index is 13.0. The van der Waals surface area contributed by atoms with Crippen molar-refractivity contribution in [2.75, 3.05) is 6.54 Å². The van der Waals surface area contributed by atoms with E-state index in [1.165, 1.54) is 6.07 Å². The Labute approximate surface area is 163 Å². The van der Waals surface area contributed by atoms with Crippen molar-refractivity contribution in [2.24, 2.45) is 12.0 Å². The SMILES string of the molecule is CCCCNC(=NCc1nnc(C)n1C)NC(C)c1cccc(C(F)(F)F)c1. The molecular weight excluding hydrogens is 369 g/mol. The van der Waals surface area contributed by atoms with Gasteiger partial charge in [0, 0.05) is 13.6 Å². The highest BCUT2D eigenvalue weighted by atomic mass is 19.4. The molecule has 0 bridgehead atoms. The van der Waals surface area contributed by atoms with E-state index in [0.29, 0.717) is 23.9 Å². The van der Waals surface area contributed by atoms with Gasteiger partial charge in [-0.15, -0.1) is 10.2 Å². The van der Waals surface area contributed by atoms with Gasteiger partial charge in [-0.3, -0.25) is 0 Å². The molecule has 1 heterocycles. The van der Waals surface area contributed by atoms with Crippen LogP contribution in [-0.2, 0) is 19.8 Å². The van der Waals surface area contributed by atoms with Gasteiger partial charge < -0.3 is 15.2 Å². The van der Waals surface area contributed by atoms with Gasteiger partial charge in [0.25, 0.3) is 0 Å². The molecule has 0 aliphatic carbocycles. The quantitative estimate of drug-likeness (QED) is 0.425. The van der Waals surface area contributed by atoms with Gasteiger partial charge in [-0.05, 0) is 38.0 Å². The van der Waals surface area contributed by atoms with Gasteiger partial charge in [-0.2, -0.15) is 13.2 Å². The third-order valence-electron chi connectivity index (χ3n) is 4.45. The van der Waals surface area contributed by atoms with Gasteiger partial charge in [0.1, 0.15) is 12.4 Å². The number of aryl methyl sites for hydroxylation is 1. The van der Waals surface area contributed by atoms with Gasteiger partial charge in [0.15, 0.2) is 11.8 Å². The fourth-order valence-corrected chi connectivity index (χ4v) is 2.55. The van der Waals surface area contributed by atoms with Crippen LogP contribution in [0, 0.1) is 6.92 Å². The van der Waals surface area contributed by atoms with E-state index in [9.17, 15) is 13.2 Å². The Hall–Kier alpha value is -2.58. The zero-order chi connectivity index (χ0) is 20.7. The fourth-order valence-electron chi connectivity index (χ4n) is 2.55. The van der Waals surface area contributed by atoms with E-state index in [0.717, 1.165) is 37.3 Å². The molecule has 1 atom stereocenters. The molecule has 28 heavy (non-hydrogen) atoms. The molecule has 6 nitrogen and oxygen atoms in total. The number of benzene rings is 1. The van der Waals surface area contributed by atoms with Gasteiger partial charge >= 0.3 is 6.18 Å². The van der Waals surface area contributed by atoms with Gasteiger partial charge in [-0.25, -0.2) is 4.99 Å². The van der Waals surface area contributed by atoms with Crippen molar-refractivity contribution in [1.82, 2.24) is 25.4 Å². The minimum atomic E-state index is -4.37. The maximum atomic E-state index is 13.0. The Balaban J connectivity index is 2.14. The highest BCUT2D eigenvalue weighted by Crippen LogP contribution is 2.30. The van der Waals surface area contributed by atoms with Crippen LogP contribution in [0.15, 0.2) is 29.3 Å². The van der Waals surface area contributed by atoms with Crippen molar-refractivity contribution in [2.45, 2.75) is 52.4 Å². The number of aliphatic imine (C=N–C) groups is 1. The van der Waals surface area contributed by atoms with Crippen molar-refractivity contribution in [1.29, 1.82) is 0 Å². The highest BCUT2D eigenvalue weighted by molar-refractivity contribution is 5.80. The Morgan fingerprint density at radius 3 is 2.64 bits per heavy atom. The molecule has 9 heteroatoms. The largest absolute Gasteiger partial charge is 0.416 e. The first-order valence-electron chi connectivity index (χ1n) is 9.29. The number of nitrogens with zero attached hydrogens (tertiary/aromatic N) is 4. The van der Waals surface area contributed by atoms with Crippen LogP contribution in [0.3, 0.4) is 0 Å². The van der Waals surface area contributed by atoms with E-state index in [-0.39, 0.29) is 6.04 Å². The molecule has 0 saturated carbocycles. The summed E-state index contributed by atoms with van der Waals surface area (Å²) in [6.07, 6.45) is -2.39. The lowest BCUT2D eigenvalue weighted by atomic mass is 10.1. The molecule has 2 rings (SSSR count). The van der Waals surface area contributed by atoms with E-state index in [1.54, 1.807) is 13.0 Å².